The van der Waals surface area contributed by atoms with Crippen molar-refractivity contribution in [1.82, 2.24) is 19.1 Å². The van der Waals surface area contributed by atoms with Crippen molar-refractivity contribution in [2.45, 2.75) is 23.7 Å². The van der Waals surface area contributed by atoms with Gasteiger partial charge in [0.05, 0.1) is 13.0 Å². The van der Waals surface area contributed by atoms with Gasteiger partial charge >= 0.3 is 5.97 Å². The highest BCUT2D eigenvalue weighted by Gasteiger charge is 2.30. The van der Waals surface area contributed by atoms with Crippen LogP contribution in [0, 0.1) is 0 Å². The van der Waals surface area contributed by atoms with Crippen LogP contribution < -0.4 is 0 Å². The van der Waals surface area contributed by atoms with E-state index in [0.29, 0.717) is 23.8 Å². The molecule has 0 radical (unpaired) electrons. The number of sulfonamides is 1. The van der Waals surface area contributed by atoms with Gasteiger partial charge in [-0.15, -0.1) is 21.5 Å². The number of hydrogen-bond acceptors (Lipinski definition) is 6. The predicted molar refractivity (Wildman–Crippen MR) is 73.3 cm³/mol. The lowest BCUT2D eigenvalue weighted by Crippen LogP contribution is -2.37. The number of rotatable bonds is 4. The van der Waals surface area contributed by atoms with E-state index in [1.807, 2.05) is 4.57 Å². The number of nitrogens with zero attached hydrogens (tertiary/aromatic N) is 4. The molecule has 0 saturated carbocycles. The number of hydrogen-bond donors (Lipinski definition) is 1. The molecule has 0 fully saturated rings. The van der Waals surface area contributed by atoms with Crippen molar-refractivity contribution in [2.75, 3.05) is 6.54 Å². The van der Waals surface area contributed by atoms with Crippen LogP contribution in [0.2, 0.25) is 0 Å². The van der Waals surface area contributed by atoms with Crippen molar-refractivity contribution in [1.29, 1.82) is 0 Å². The second-order valence-corrected chi connectivity index (χ2v) is 7.90. The first-order valence-corrected chi connectivity index (χ1v) is 8.40. The van der Waals surface area contributed by atoms with E-state index in [4.69, 9.17) is 5.11 Å². The molecule has 3 heterocycles. The van der Waals surface area contributed by atoms with Crippen LogP contribution in [0.15, 0.2) is 22.7 Å². The van der Waals surface area contributed by atoms with Crippen molar-refractivity contribution in [3.63, 3.8) is 0 Å². The second kappa shape index (κ2) is 5.20. The average Bonchev–Trinajstić information content (AvgIpc) is 3.05. The smallest absolute Gasteiger partial charge is 0.308 e. The molecule has 2 aromatic rings. The number of thiophene rings is 1. The SMILES string of the molecule is O=C(O)Cc1ccc(S(=O)(=O)N2CCn3cnnc3C2)s1. The third-order valence-electron chi connectivity index (χ3n) is 3.16. The van der Waals surface area contributed by atoms with Crippen LogP contribution >= 0.6 is 11.3 Å². The molecule has 21 heavy (non-hydrogen) atoms. The van der Waals surface area contributed by atoms with Crippen LogP contribution in [0.3, 0.4) is 0 Å². The van der Waals surface area contributed by atoms with E-state index in [2.05, 4.69) is 10.2 Å². The van der Waals surface area contributed by atoms with Crippen molar-refractivity contribution in [3.8, 4) is 0 Å². The Labute approximate surface area is 124 Å². The minimum Gasteiger partial charge on any atom is -0.481 e. The maximum absolute atomic E-state index is 12.5. The molecule has 1 aliphatic rings. The third-order valence-corrected chi connectivity index (χ3v) is 6.56. The standard InChI is InChI=1S/C11H12N4O4S2/c16-10(17)5-8-1-2-11(20-8)21(18,19)15-4-3-14-7-12-13-9(14)6-15/h1-2,7H,3-6H2,(H,16,17). The van der Waals surface area contributed by atoms with Gasteiger partial charge in [-0.2, -0.15) is 4.31 Å². The molecular formula is C11H12N4O4S2. The van der Waals surface area contributed by atoms with Crippen LogP contribution in [0.4, 0.5) is 0 Å². The van der Waals surface area contributed by atoms with Crippen molar-refractivity contribution < 1.29 is 18.3 Å². The van der Waals surface area contributed by atoms with Crippen LogP contribution in [0.25, 0.3) is 0 Å². The van der Waals surface area contributed by atoms with E-state index in [9.17, 15) is 13.2 Å². The molecule has 0 saturated heterocycles. The molecule has 112 valence electrons. The first kappa shape index (κ1) is 14.2. The summed E-state index contributed by atoms with van der Waals surface area (Å²) in [5.74, 6) is -0.376. The Morgan fingerprint density at radius 1 is 1.38 bits per heavy atom. The van der Waals surface area contributed by atoms with E-state index in [1.165, 1.54) is 16.4 Å². The van der Waals surface area contributed by atoms with Gasteiger partial charge in [0.15, 0.2) is 0 Å². The van der Waals surface area contributed by atoms with Gasteiger partial charge in [-0.25, -0.2) is 8.42 Å². The van der Waals surface area contributed by atoms with Gasteiger partial charge < -0.3 is 9.67 Å². The van der Waals surface area contributed by atoms with Gasteiger partial charge in [-0.1, -0.05) is 0 Å². The number of carboxylic acids is 1. The Morgan fingerprint density at radius 3 is 2.95 bits per heavy atom. The molecule has 0 atom stereocenters. The average molecular weight is 328 g/mol. The number of aromatic nitrogens is 3. The lowest BCUT2D eigenvalue weighted by molar-refractivity contribution is -0.136. The fourth-order valence-electron chi connectivity index (χ4n) is 2.12. The molecule has 1 N–H and O–H groups in total. The maximum Gasteiger partial charge on any atom is 0.308 e. The van der Waals surface area contributed by atoms with Gasteiger partial charge in [0.1, 0.15) is 16.4 Å². The summed E-state index contributed by atoms with van der Waals surface area (Å²) >= 11 is 0.992. The minimum atomic E-state index is -3.62. The Hall–Kier alpha value is -1.78. The highest BCUT2D eigenvalue weighted by molar-refractivity contribution is 7.91. The lowest BCUT2D eigenvalue weighted by atomic mass is 10.3. The first-order chi connectivity index (χ1) is 9.96. The van der Waals surface area contributed by atoms with Gasteiger partial charge in [-0.3, -0.25) is 4.79 Å². The largest absolute Gasteiger partial charge is 0.481 e. The maximum atomic E-state index is 12.5. The molecule has 3 rings (SSSR count). The Morgan fingerprint density at radius 2 is 2.19 bits per heavy atom. The van der Waals surface area contributed by atoms with Gasteiger partial charge in [0.25, 0.3) is 10.0 Å². The number of carbonyl (C=O) groups is 1. The van der Waals surface area contributed by atoms with Gasteiger partial charge in [-0.05, 0) is 12.1 Å². The van der Waals surface area contributed by atoms with Crippen LogP contribution in [0.5, 0.6) is 0 Å². The molecule has 2 aromatic heterocycles. The summed E-state index contributed by atoms with van der Waals surface area (Å²) in [7, 11) is -3.62. The number of carboxylic acid groups (broad SMARTS) is 1. The minimum absolute atomic E-state index is 0.159. The topological polar surface area (TPSA) is 105 Å². The second-order valence-electron chi connectivity index (χ2n) is 4.57. The molecule has 0 unspecified atom stereocenters. The molecule has 10 heteroatoms. The fraction of sp³-hybridized carbons (Fsp3) is 0.364. The van der Waals surface area contributed by atoms with E-state index in [1.54, 1.807) is 6.33 Å². The van der Waals surface area contributed by atoms with Gasteiger partial charge in [0.2, 0.25) is 0 Å². The quantitative estimate of drug-likeness (QED) is 0.858. The first-order valence-electron chi connectivity index (χ1n) is 6.14. The van der Waals surface area contributed by atoms with Gasteiger partial charge in [0, 0.05) is 18.0 Å². The molecule has 0 bridgehead atoms. The summed E-state index contributed by atoms with van der Waals surface area (Å²) < 4.78 is 28.4. The Balaban J connectivity index is 1.84. The van der Waals surface area contributed by atoms with Crippen molar-refractivity contribution in [2.24, 2.45) is 0 Å². The summed E-state index contributed by atoms with van der Waals surface area (Å²) in [5, 5.41) is 16.4. The summed E-state index contributed by atoms with van der Waals surface area (Å²) in [6.45, 7) is 1.03. The van der Waals surface area contributed by atoms with Crippen LogP contribution in [-0.2, 0) is 34.3 Å². The normalized spacial score (nSPS) is 15.8. The summed E-state index contributed by atoms with van der Waals surface area (Å²) in [5.41, 5.74) is 0. The summed E-state index contributed by atoms with van der Waals surface area (Å²) in [6.07, 6.45) is 1.41. The third kappa shape index (κ3) is 2.69. The Bertz CT molecular complexity index is 780. The fourth-order valence-corrected chi connectivity index (χ4v) is 5.00. The highest BCUT2D eigenvalue weighted by atomic mass is 32.2. The lowest BCUT2D eigenvalue weighted by Gasteiger charge is -2.25. The summed E-state index contributed by atoms with van der Waals surface area (Å²) in [6, 6.07) is 3.00. The molecule has 0 amide bonds. The van der Waals surface area contributed by atoms with E-state index in [-0.39, 0.29) is 17.2 Å². The Kier molecular flexibility index (Phi) is 3.51. The molecule has 1 aliphatic heterocycles. The van der Waals surface area contributed by atoms with E-state index in [0.717, 1.165) is 11.3 Å². The van der Waals surface area contributed by atoms with E-state index >= 15 is 0 Å². The molecular weight excluding hydrogens is 316 g/mol. The zero-order valence-corrected chi connectivity index (χ0v) is 12.5. The number of aliphatic carboxylic acids is 1. The molecule has 0 spiro atoms. The summed E-state index contributed by atoms with van der Waals surface area (Å²) in [4.78, 5) is 11.2. The predicted octanol–water partition coefficient (Wildman–Crippen LogP) is 0.171. The zero-order valence-electron chi connectivity index (χ0n) is 10.8. The molecule has 0 aromatic carbocycles. The molecule has 8 nitrogen and oxygen atoms in total. The van der Waals surface area contributed by atoms with Crippen molar-refractivity contribution in [3.05, 3.63) is 29.2 Å². The highest BCUT2D eigenvalue weighted by Crippen LogP contribution is 2.27. The van der Waals surface area contributed by atoms with Crippen LogP contribution in [0.1, 0.15) is 10.7 Å². The number of fused-ring (bicyclic) bond motifs is 1. The van der Waals surface area contributed by atoms with Crippen LogP contribution in [-0.4, -0.2) is 45.1 Å². The van der Waals surface area contributed by atoms with E-state index < -0.39 is 16.0 Å². The zero-order chi connectivity index (χ0) is 15.0. The molecule has 0 aliphatic carbocycles. The monoisotopic (exact) mass is 328 g/mol. The van der Waals surface area contributed by atoms with Crippen molar-refractivity contribution >= 4 is 27.3 Å².